The van der Waals surface area contributed by atoms with Gasteiger partial charge < -0.3 is 25.2 Å². The first kappa shape index (κ1) is 24.0. The van der Waals surface area contributed by atoms with Crippen LogP contribution in [0.2, 0.25) is 0 Å². The fraction of sp³-hybridized carbons (Fsp3) is 0.652. The van der Waals surface area contributed by atoms with Crippen molar-refractivity contribution in [2.45, 2.75) is 57.4 Å². The van der Waals surface area contributed by atoms with Crippen LogP contribution in [0.5, 0.6) is 0 Å². The van der Waals surface area contributed by atoms with Crippen LogP contribution in [-0.2, 0) is 31.9 Å². The van der Waals surface area contributed by atoms with Crippen molar-refractivity contribution in [3.63, 3.8) is 0 Å². The summed E-state index contributed by atoms with van der Waals surface area (Å²) in [6.45, 7) is 2.35. The maximum Gasteiger partial charge on any atom is 0.326 e. The van der Waals surface area contributed by atoms with E-state index in [1.54, 1.807) is 0 Å². The highest BCUT2D eigenvalue weighted by Crippen LogP contribution is 2.30. The molecule has 1 aromatic rings. The van der Waals surface area contributed by atoms with Crippen LogP contribution < -0.4 is 10.6 Å². The van der Waals surface area contributed by atoms with Gasteiger partial charge in [0.15, 0.2) is 0 Å². The van der Waals surface area contributed by atoms with E-state index in [-0.39, 0.29) is 25.9 Å². The Morgan fingerprint density at radius 1 is 1.31 bits per heavy atom. The minimum atomic E-state index is -1.22. The number of nitriles is 1. The van der Waals surface area contributed by atoms with Crippen molar-refractivity contribution in [3.05, 3.63) is 23.4 Å². The number of hydrogen-bond donors (Lipinski definition) is 3. The summed E-state index contributed by atoms with van der Waals surface area (Å²) in [5.41, 5.74) is 1.12. The maximum absolute atomic E-state index is 12.6. The van der Waals surface area contributed by atoms with Crippen molar-refractivity contribution in [3.8, 4) is 6.07 Å². The number of ether oxygens (including phenoxy) is 2. The van der Waals surface area contributed by atoms with Crippen molar-refractivity contribution in [2.75, 3.05) is 38.3 Å². The summed E-state index contributed by atoms with van der Waals surface area (Å²) in [5.74, 6) is -0.664. The summed E-state index contributed by atoms with van der Waals surface area (Å²) in [6, 6.07) is 5.21. The van der Waals surface area contributed by atoms with Crippen LogP contribution in [0.1, 0.15) is 49.8 Å². The molecule has 2 aliphatic heterocycles. The van der Waals surface area contributed by atoms with Gasteiger partial charge in [-0.1, -0.05) is 6.07 Å². The Bertz CT molecular complexity index is 832. The van der Waals surface area contributed by atoms with Gasteiger partial charge in [-0.05, 0) is 56.6 Å². The fourth-order valence-electron chi connectivity index (χ4n) is 3.98. The molecule has 1 aromatic heterocycles. The number of aryl methyl sites for hydroxylation is 2. The molecule has 0 bridgehead atoms. The third-order valence-electron chi connectivity index (χ3n) is 6.07. The largest absolute Gasteiger partial charge is 0.480 e. The number of carbonyl (C=O) groups excluding carboxylic acids is 1. The van der Waals surface area contributed by atoms with Crippen LogP contribution in [0.4, 0.5) is 5.82 Å². The molecule has 0 aromatic carbocycles. The number of carboxylic acids is 1. The fourth-order valence-corrected chi connectivity index (χ4v) is 3.98. The SMILES string of the molecule is N#CC1(C(=O)N[C@@H](CCOCCCCc2ccc3c(n2)NCCC3)C(=O)O)CCOCC1. The first-order valence-electron chi connectivity index (χ1n) is 11.4. The molecule has 3 heterocycles. The minimum Gasteiger partial charge on any atom is -0.480 e. The molecule has 0 saturated carbocycles. The van der Waals surface area contributed by atoms with Gasteiger partial charge in [-0.2, -0.15) is 5.26 Å². The van der Waals surface area contributed by atoms with Crippen molar-refractivity contribution >= 4 is 17.7 Å². The number of carbonyl (C=O) groups is 2. The van der Waals surface area contributed by atoms with E-state index in [2.05, 4.69) is 33.8 Å². The highest BCUT2D eigenvalue weighted by atomic mass is 16.5. The number of hydrogen-bond acceptors (Lipinski definition) is 7. The van der Waals surface area contributed by atoms with Gasteiger partial charge in [0.05, 0.1) is 6.07 Å². The van der Waals surface area contributed by atoms with Crippen molar-refractivity contribution in [1.29, 1.82) is 5.26 Å². The van der Waals surface area contributed by atoms with Gasteiger partial charge in [0.25, 0.3) is 0 Å². The molecule has 9 heteroatoms. The third-order valence-corrected chi connectivity index (χ3v) is 6.07. The zero-order valence-corrected chi connectivity index (χ0v) is 18.4. The Balaban J connectivity index is 1.34. The Hall–Kier alpha value is -2.70. The lowest BCUT2D eigenvalue weighted by molar-refractivity contribution is -0.144. The molecule has 1 saturated heterocycles. The monoisotopic (exact) mass is 444 g/mol. The number of carboxylic acid groups (broad SMARTS) is 1. The maximum atomic E-state index is 12.6. The molecule has 32 heavy (non-hydrogen) atoms. The minimum absolute atomic E-state index is 0.150. The molecule has 2 aliphatic rings. The van der Waals surface area contributed by atoms with Crippen LogP contribution in [0.3, 0.4) is 0 Å². The molecule has 9 nitrogen and oxygen atoms in total. The summed E-state index contributed by atoms with van der Waals surface area (Å²) >= 11 is 0. The first-order valence-corrected chi connectivity index (χ1v) is 11.4. The second kappa shape index (κ2) is 11.8. The number of fused-ring (bicyclic) bond motifs is 1. The highest BCUT2D eigenvalue weighted by Gasteiger charge is 2.41. The van der Waals surface area contributed by atoms with Crippen LogP contribution in [0.15, 0.2) is 12.1 Å². The Kier molecular flexibility index (Phi) is 8.82. The Morgan fingerprint density at radius 3 is 2.88 bits per heavy atom. The average Bonchev–Trinajstić information content (AvgIpc) is 2.82. The molecule has 174 valence electrons. The van der Waals surface area contributed by atoms with Crippen molar-refractivity contribution in [1.82, 2.24) is 10.3 Å². The second-order valence-corrected chi connectivity index (χ2v) is 8.37. The molecule has 0 radical (unpaired) electrons. The van der Waals surface area contributed by atoms with Crippen LogP contribution in [-0.4, -0.2) is 61.0 Å². The van der Waals surface area contributed by atoms with Gasteiger partial charge in [0.1, 0.15) is 17.3 Å². The molecule has 0 spiro atoms. The summed E-state index contributed by atoms with van der Waals surface area (Å²) in [6.07, 6.45) is 5.55. The summed E-state index contributed by atoms with van der Waals surface area (Å²) in [4.78, 5) is 28.8. The number of rotatable bonds is 11. The molecular weight excluding hydrogens is 412 g/mol. The average molecular weight is 445 g/mol. The van der Waals surface area contributed by atoms with Gasteiger partial charge in [-0.3, -0.25) is 4.79 Å². The molecule has 1 atom stereocenters. The third kappa shape index (κ3) is 6.40. The van der Waals surface area contributed by atoms with E-state index < -0.39 is 23.3 Å². The smallest absolute Gasteiger partial charge is 0.326 e. The number of aliphatic carboxylic acids is 1. The number of unbranched alkanes of at least 4 members (excludes halogenated alkanes) is 1. The molecule has 0 unspecified atom stereocenters. The quantitative estimate of drug-likeness (QED) is 0.442. The van der Waals surface area contributed by atoms with E-state index in [0.29, 0.717) is 19.8 Å². The number of anilines is 1. The molecule has 1 fully saturated rings. The van der Waals surface area contributed by atoms with Gasteiger partial charge in [-0.25, -0.2) is 9.78 Å². The molecule has 0 aliphatic carbocycles. The van der Waals surface area contributed by atoms with Crippen LogP contribution >= 0.6 is 0 Å². The lowest BCUT2D eigenvalue weighted by Gasteiger charge is -2.30. The number of nitrogens with zero attached hydrogens (tertiary/aromatic N) is 2. The molecule has 3 N–H and O–H groups in total. The lowest BCUT2D eigenvalue weighted by Crippen LogP contribution is -2.50. The predicted octanol–water partition coefficient (Wildman–Crippen LogP) is 2.06. The molecule has 1 amide bonds. The zero-order chi connectivity index (χ0) is 22.8. The predicted molar refractivity (Wildman–Crippen MR) is 117 cm³/mol. The zero-order valence-electron chi connectivity index (χ0n) is 18.4. The summed E-state index contributed by atoms with van der Waals surface area (Å²) < 4.78 is 10.8. The van der Waals surface area contributed by atoms with E-state index in [1.165, 1.54) is 5.56 Å². The van der Waals surface area contributed by atoms with Crippen LogP contribution in [0.25, 0.3) is 0 Å². The van der Waals surface area contributed by atoms with E-state index in [1.807, 2.05) is 0 Å². The second-order valence-electron chi connectivity index (χ2n) is 8.37. The first-order chi connectivity index (χ1) is 15.5. The highest BCUT2D eigenvalue weighted by molar-refractivity contribution is 5.89. The summed E-state index contributed by atoms with van der Waals surface area (Å²) in [5, 5.41) is 24.8. The van der Waals surface area contributed by atoms with Gasteiger partial charge in [-0.15, -0.1) is 0 Å². The molecule has 3 rings (SSSR count). The number of aromatic nitrogens is 1. The normalized spacial score (nSPS) is 18.0. The number of pyridine rings is 1. The van der Waals surface area contributed by atoms with Gasteiger partial charge in [0.2, 0.25) is 5.91 Å². The van der Waals surface area contributed by atoms with Crippen LogP contribution in [0, 0.1) is 16.7 Å². The van der Waals surface area contributed by atoms with E-state index in [9.17, 15) is 20.0 Å². The van der Waals surface area contributed by atoms with E-state index >= 15 is 0 Å². The van der Waals surface area contributed by atoms with Crippen molar-refractivity contribution < 1.29 is 24.2 Å². The standard InChI is InChI=1S/C23H32N4O5/c24-16-23(9-14-32-15-10-23)22(30)27-19(21(28)29)8-13-31-12-2-1-5-18-7-6-17-4-3-11-25-20(17)26-18/h6-7,19H,1-5,8-15H2,(H,25,26)(H,27,30)(H,28,29)/t19-/m0/s1. The molecular formula is C23H32N4O5. The van der Waals surface area contributed by atoms with Gasteiger partial charge in [0, 0.05) is 45.1 Å². The number of amides is 1. The lowest BCUT2D eigenvalue weighted by atomic mass is 9.80. The Morgan fingerprint density at radius 2 is 2.12 bits per heavy atom. The topological polar surface area (TPSA) is 134 Å². The van der Waals surface area contributed by atoms with Crippen molar-refractivity contribution in [2.24, 2.45) is 5.41 Å². The van der Waals surface area contributed by atoms with E-state index in [4.69, 9.17) is 9.47 Å². The summed E-state index contributed by atoms with van der Waals surface area (Å²) in [7, 11) is 0. The number of nitrogens with one attached hydrogen (secondary N) is 2. The Labute approximate surface area is 188 Å². The van der Waals surface area contributed by atoms with Gasteiger partial charge >= 0.3 is 5.97 Å². The van der Waals surface area contributed by atoms with E-state index in [0.717, 1.165) is 50.2 Å².